The number of pyridine rings is 1. The predicted octanol–water partition coefficient (Wildman–Crippen LogP) is 2.04. The molecule has 0 radical (unpaired) electrons. The first-order valence-electron chi connectivity index (χ1n) is 5.38. The van der Waals surface area contributed by atoms with Gasteiger partial charge in [0, 0.05) is 18.8 Å². The molecular formula is C12H16N2O. The van der Waals surface area contributed by atoms with Gasteiger partial charge in [-0.25, -0.2) is 0 Å². The summed E-state index contributed by atoms with van der Waals surface area (Å²) in [5.74, 6) is 1.04. The Kier molecular flexibility index (Phi) is 3.35. The molecule has 1 aliphatic heterocycles. The second-order valence-corrected chi connectivity index (χ2v) is 3.51. The summed E-state index contributed by atoms with van der Waals surface area (Å²) < 4.78 is 5.60. The van der Waals surface area contributed by atoms with Gasteiger partial charge in [0.25, 0.3) is 0 Å². The third kappa shape index (κ3) is 2.36. The van der Waals surface area contributed by atoms with E-state index in [-0.39, 0.29) is 6.04 Å². The van der Waals surface area contributed by atoms with Crippen LogP contribution in [0.2, 0.25) is 0 Å². The van der Waals surface area contributed by atoms with Crippen LogP contribution in [0.1, 0.15) is 24.9 Å². The highest BCUT2D eigenvalue weighted by atomic mass is 16.5. The zero-order valence-corrected chi connectivity index (χ0v) is 8.94. The van der Waals surface area contributed by atoms with Crippen molar-refractivity contribution in [1.82, 2.24) is 10.3 Å². The highest BCUT2D eigenvalue weighted by Crippen LogP contribution is 2.25. The number of hydrogen-bond donors (Lipinski definition) is 1. The number of ether oxygens (including phenoxy) is 1. The van der Waals surface area contributed by atoms with Gasteiger partial charge in [-0.1, -0.05) is 6.92 Å². The summed E-state index contributed by atoms with van der Waals surface area (Å²) >= 11 is 0. The number of likely N-dealkylation sites (N-methyl/N-ethyl adjacent to an activating group) is 1. The molecule has 0 bridgehead atoms. The molecule has 80 valence electrons. The van der Waals surface area contributed by atoms with E-state index in [1.165, 1.54) is 5.56 Å². The van der Waals surface area contributed by atoms with Crippen molar-refractivity contribution in [3.05, 3.63) is 41.9 Å². The van der Waals surface area contributed by atoms with Gasteiger partial charge in [-0.3, -0.25) is 4.98 Å². The van der Waals surface area contributed by atoms with E-state index in [1.54, 1.807) is 0 Å². The molecule has 0 saturated carbocycles. The Labute approximate surface area is 90.2 Å². The summed E-state index contributed by atoms with van der Waals surface area (Å²) in [6.45, 7) is 3.83. The van der Waals surface area contributed by atoms with Crippen LogP contribution in [-0.2, 0) is 4.74 Å². The van der Waals surface area contributed by atoms with E-state index < -0.39 is 0 Å². The van der Waals surface area contributed by atoms with E-state index in [1.807, 2.05) is 24.5 Å². The molecule has 0 aromatic carbocycles. The highest BCUT2D eigenvalue weighted by Gasteiger charge is 2.19. The molecule has 0 spiro atoms. The molecule has 2 heterocycles. The minimum atomic E-state index is 0.181. The zero-order valence-electron chi connectivity index (χ0n) is 8.94. The van der Waals surface area contributed by atoms with E-state index in [2.05, 4.69) is 23.3 Å². The van der Waals surface area contributed by atoms with Crippen LogP contribution in [0.5, 0.6) is 0 Å². The van der Waals surface area contributed by atoms with Gasteiger partial charge >= 0.3 is 0 Å². The van der Waals surface area contributed by atoms with Gasteiger partial charge < -0.3 is 10.1 Å². The topological polar surface area (TPSA) is 34.1 Å². The lowest BCUT2D eigenvalue weighted by Gasteiger charge is -2.19. The molecule has 1 N–H and O–H groups in total. The molecular weight excluding hydrogens is 188 g/mol. The Morgan fingerprint density at radius 3 is 2.87 bits per heavy atom. The van der Waals surface area contributed by atoms with Gasteiger partial charge in [0.1, 0.15) is 5.76 Å². The number of rotatable bonds is 4. The number of hydrogen-bond acceptors (Lipinski definition) is 3. The molecule has 0 saturated heterocycles. The van der Waals surface area contributed by atoms with E-state index >= 15 is 0 Å². The Morgan fingerprint density at radius 2 is 2.27 bits per heavy atom. The second-order valence-electron chi connectivity index (χ2n) is 3.51. The molecule has 2 rings (SSSR count). The van der Waals surface area contributed by atoms with Gasteiger partial charge in [0.05, 0.1) is 12.6 Å². The van der Waals surface area contributed by atoms with E-state index in [9.17, 15) is 0 Å². The maximum absolute atomic E-state index is 5.60. The monoisotopic (exact) mass is 204 g/mol. The first-order chi connectivity index (χ1) is 7.42. The van der Waals surface area contributed by atoms with Gasteiger partial charge in [0.15, 0.2) is 0 Å². The Hall–Kier alpha value is -1.35. The minimum Gasteiger partial charge on any atom is -0.496 e. The lowest BCUT2D eigenvalue weighted by Crippen LogP contribution is -2.23. The van der Waals surface area contributed by atoms with Crippen LogP contribution in [0.25, 0.3) is 0 Å². The Balaban J connectivity index is 2.19. The number of nitrogens with zero attached hydrogens (tertiary/aromatic N) is 1. The van der Waals surface area contributed by atoms with Crippen molar-refractivity contribution >= 4 is 0 Å². The normalized spacial score (nSPS) is 17.0. The average molecular weight is 204 g/mol. The molecule has 0 amide bonds. The second kappa shape index (κ2) is 4.94. The smallest absolute Gasteiger partial charge is 0.114 e. The van der Waals surface area contributed by atoms with Gasteiger partial charge in [0.2, 0.25) is 0 Å². The summed E-state index contributed by atoms with van der Waals surface area (Å²) in [7, 11) is 0. The molecule has 1 aromatic heterocycles. The Bertz CT molecular complexity index is 335. The molecule has 1 aromatic rings. The zero-order chi connectivity index (χ0) is 10.5. The van der Waals surface area contributed by atoms with Crippen LogP contribution in [0.15, 0.2) is 36.4 Å². The van der Waals surface area contributed by atoms with E-state index in [0.29, 0.717) is 0 Å². The first-order valence-corrected chi connectivity index (χ1v) is 5.38. The minimum absolute atomic E-state index is 0.181. The Morgan fingerprint density at radius 1 is 1.47 bits per heavy atom. The molecule has 15 heavy (non-hydrogen) atoms. The van der Waals surface area contributed by atoms with Crippen LogP contribution in [0.3, 0.4) is 0 Å². The van der Waals surface area contributed by atoms with Gasteiger partial charge in [-0.2, -0.15) is 0 Å². The van der Waals surface area contributed by atoms with Crippen molar-refractivity contribution in [3.8, 4) is 0 Å². The van der Waals surface area contributed by atoms with Crippen LogP contribution in [0, 0.1) is 0 Å². The average Bonchev–Trinajstić information content (AvgIpc) is 2.80. The van der Waals surface area contributed by atoms with Crippen molar-refractivity contribution in [3.63, 3.8) is 0 Å². The largest absolute Gasteiger partial charge is 0.496 e. The van der Waals surface area contributed by atoms with Crippen molar-refractivity contribution in [2.75, 3.05) is 13.2 Å². The SMILES string of the molecule is CCNC(C1=CCCO1)c1ccncc1. The summed E-state index contributed by atoms with van der Waals surface area (Å²) in [4.78, 5) is 4.03. The maximum atomic E-state index is 5.60. The summed E-state index contributed by atoms with van der Waals surface area (Å²) in [6, 6.07) is 4.23. The van der Waals surface area contributed by atoms with Crippen LogP contribution >= 0.6 is 0 Å². The summed E-state index contributed by atoms with van der Waals surface area (Å²) in [6.07, 6.45) is 6.81. The fourth-order valence-electron chi connectivity index (χ4n) is 1.78. The molecule has 1 aliphatic rings. The molecule has 0 fully saturated rings. The van der Waals surface area contributed by atoms with E-state index in [0.717, 1.165) is 25.3 Å². The van der Waals surface area contributed by atoms with Crippen molar-refractivity contribution in [2.45, 2.75) is 19.4 Å². The van der Waals surface area contributed by atoms with Crippen LogP contribution < -0.4 is 5.32 Å². The fraction of sp³-hybridized carbons (Fsp3) is 0.417. The van der Waals surface area contributed by atoms with Crippen LogP contribution in [-0.4, -0.2) is 18.1 Å². The number of aromatic nitrogens is 1. The van der Waals surface area contributed by atoms with Gasteiger partial charge in [-0.05, 0) is 30.3 Å². The standard InChI is InChI=1S/C12H16N2O/c1-2-14-12(11-4-3-9-15-11)10-5-7-13-8-6-10/h4-8,12,14H,2-3,9H2,1H3. The maximum Gasteiger partial charge on any atom is 0.114 e. The summed E-state index contributed by atoms with van der Waals surface area (Å²) in [5.41, 5.74) is 1.21. The van der Waals surface area contributed by atoms with E-state index in [4.69, 9.17) is 4.74 Å². The predicted molar refractivity (Wildman–Crippen MR) is 59.3 cm³/mol. The third-order valence-corrected chi connectivity index (χ3v) is 2.46. The first kappa shape index (κ1) is 10.2. The lowest BCUT2D eigenvalue weighted by molar-refractivity contribution is 0.216. The van der Waals surface area contributed by atoms with Crippen molar-refractivity contribution < 1.29 is 4.74 Å². The van der Waals surface area contributed by atoms with Crippen molar-refractivity contribution in [1.29, 1.82) is 0 Å². The summed E-state index contributed by atoms with van der Waals surface area (Å²) in [5, 5.41) is 3.42. The third-order valence-electron chi connectivity index (χ3n) is 2.46. The molecule has 1 atom stereocenters. The lowest BCUT2D eigenvalue weighted by atomic mass is 10.1. The molecule has 3 heteroatoms. The van der Waals surface area contributed by atoms with Gasteiger partial charge in [-0.15, -0.1) is 0 Å². The van der Waals surface area contributed by atoms with Crippen molar-refractivity contribution in [2.24, 2.45) is 0 Å². The quantitative estimate of drug-likeness (QED) is 0.815. The molecule has 3 nitrogen and oxygen atoms in total. The number of nitrogens with one attached hydrogen (secondary N) is 1. The highest BCUT2D eigenvalue weighted by molar-refractivity contribution is 5.24. The molecule has 0 aliphatic carbocycles. The molecule has 1 unspecified atom stereocenters. The fourth-order valence-corrected chi connectivity index (χ4v) is 1.78. The van der Waals surface area contributed by atoms with Crippen LogP contribution in [0.4, 0.5) is 0 Å².